The van der Waals surface area contributed by atoms with Crippen molar-refractivity contribution >= 4 is 0 Å². The Morgan fingerprint density at radius 2 is 1.73 bits per heavy atom. The van der Waals surface area contributed by atoms with Gasteiger partial charge in [0, 0.05) is 0 Å². The lowest BCUT2D eigenvalue weighted by Crippen LogP contribution is -2.27. The van der Waals surface area contributed by atoms with Crippen LogP contribution in [0.2, 0.25) is 0 Å². The van der Waals surface area contributed by atoms with Crippen molar-refractivity contribution in [2.45, 2.75) is 47.0 Å². The largest absolute Gasteiger partial charge is 0.0651 e. The average molecular weight is 154 g/mol. The van der Waals surface area contributed by atoms with Crippen LogP contribution < -0.4 is 0 Å². The highest BCUT2D eigenvalue weighted by Gasteiger charge is 2.29. The number of hydrogen-bond donors (Lipinski definition) is 0. The molecule has 1 saturated carbocycles. The zero-order valence-corrected chi connectivity index (χ0v) is 8.43. The second kappa shape index (κ2) is 3.60. The van der Waals surface area contributed by atoms with Crippen LogP contribution in [0.5, 0.6) is 0 Å². The molecule has 0 aromatic heterocycles. The minimum absolute atomic E-state index is 0.962. The molecule has 0 bridgehead atoms. The molecule has 0 unspecified atom stereocenters. The van der Waals surface area contributed by atoms with E-state index in [0.29, 0.717) is 0 Å². The highest BCUT2D eigenvalue weighted by Crippen LogP contribution is 2.38. The van der Waals surface area contributed by atoms with Gasteiger partial charge in [-0.25, -0.2) is 0 Å². The quantitative estimate of drug-likeness (QED) is 0.540. The molecule has 0 radical (unpaired) electrons. The zero-order chi connectivity index (χ0) is 8.43. The fourth-order valence-electron chi connectivity index (χ4n) is 2.68. The maximum Gasteiger partial charge on any atom is -0.0386 e. The second-order valence-electron chi connectivity index (χ2n) is 4.58. The minimum Gasteiger partial charge on any atom is -0.0651 e. The Morgan fingerprint density at radius 3 is 2.27 bits per heavy atom. The third-order valence-electron chi connectivity index (χ3n) is 3.64. The van der Waals surface area contributed by atoms with Crippen molar-refractivity contribution in [2.24, 2.45) is 23.7 Å². The molecule has 0 spiro atoms. The number of hydrogen-bond acceptors (Lipinski definition) is 0. The average Bonchev–Trinajstić information content (AvgIpc) is 1.96. The lowest BCUT2D eigenvalue weighted by atomic mass is 9.69. The van der Waals surface area contributed by atoms with Crippen LogP contribution in [-0.2, 0) is 0 Å². The molecule has 0 aliphatic heterocycles. The monoisotopic (exact) mass is 154 g/mol. The van der Waals surface area contributed by atoms with Gasteiger partial charge in [0.15, 0.2) is 0 Å². The van der Waals surface area contributed by atoms with Gasteiger partial charge in [-0.15, -0.1) is 0 Å². The van der Waals surface area contributed by atoms with E-state index >= 15 is 0 Å². The summed E-state index contributed by atoms with van der Waals surface area (Å²) in [5.41, 5.74) is 0. The van der Waals surface area contributed by atoms with Gasteiger partial charge < -0.3 is 0 Å². The summed E-state index contributed by atoms with van der Waals surface area (Å²) in [5, 5.41) is 0. The zero-order valence-electron chi connectivity index (χ0n) is 8.43. The van der Waals surface area contributed by atoms with Crippen molar-refractivity contribution in [1.82, 2.24) is 0 Å². The first-order valence-corrected chi connectivity index (χ1v) is 5.15. The Bertz CT molecular complexity index is 117. The molecular formula is C11H22. The van der Waals surface area contributed by atoms with Gasteiger partial charge in [-0.1, -0.05) is 34.1 Å². The lowest BCUT2D eigenvalue weighted by Gasteiger charge is -2.37. The van der Waals surface area contributed by atoms with Gasteiger partial charge in [0.05, 0.1) is 0 Å². The Labute approximate surface area is 71.4 Å². The van der Waals surface area contributed by atoms with E-state index in [2.05, 4.69) is 27.7 Å². The van der Waals surface area contributed by atoms with E-state index in [1.165, 1.54) is 19.3 Å². The van der Waals surface area contributed by atoms with Crippen LogP contribution in [0.1, 0.15) is 47.0 Å². The molecule has 0 aromatic carbocycles. The molecule has 0 N–H and O–H groups in total. The van der Waals surface area contributed by atoms with E-state index in [4.69, 9.17) is 0 Å². The Morgan fingerprint density at radius 1 is 1.09 bits per heavy atom. The summed E-state index contributed by atoms with van der Waals surface area (Å²) < 4.78 is 0. The van der Waals surface area contributed by atoms with Crippen molar-refractivity contribution in [3.63, 3.8) is 0 Å². The van der Waals surface area contributed by atoms with Gasteiger partial charge in [0.25, 0.3) is 0 Å². The van der Waals surface area contributed by atoms with Gasteiger partial charge in [0.2, 0.25) is 0 Å². The fraction of sp³-hybridized carbons (Fsp3) is 1.00. The van der Waals surface area contributed by atoms with E-state index in [-0.39, 0.29) is 0 Å². The van der Waals surface area contributed by atoms with Gasteiger partial charge in [-0.2, -0.15) is 0 Å². The van der Waals surface area contributed by atoms with Crippen LogP contribution in [0.15, 0.2) is 0 Å². The van der Waals surface area contributed by atoms with Crippen molar-refractivity contribution in [3.05, 3.63) is 0 Å². The summed E-state index contributed by atoms with van der Waals surface area (Å²) >= 11 is 0. The molecule has 0 heterocycles. The molecule has 11 heavy (non-hydrogen) atoms. The highest BCUT2D eigenvalue weighted by molar-refractivity contribution is 4.79. The smallest absolute Gasteiger partial charge is 0.0386 e. The van der Waals surface area contributed by atoms with E-state index < -0.39 is 0 Å². The molecule has 1 rings (SSSR count). The second-order valence-corrected chi connectivity index (χ2v) is 4.58. The molecule has 1 aliphatic carbocycles. The predicted molar refractivity (Wildman–Crippen MR) is 50.5 cm³/mol. The summed E-state index contributed by atoms with van der Waals surface area (Å²) in [4.78, 5) is 0. The predicted octanol–water partition coefficient (Wildman–Crippen LogP) is 3.71. The first kappa shape index (κ1) is 9.09. The summed E-state index contributed by atoms with van der Waals surface area (Å²) in [5.74, 6) is 3.92. The normalized spacial score (nSPS) is 45.8. The molecule has 66 valence electrons. The van der Waals surface area contributed by atoms with Gasteiger partial charge in [-0.05, 0) is 36.5 Å². The Hall–Kier alpha value is 0. The van der Waals surface area contributed by atoms with E-state index in [1.807, 2.05) is 0 Å². The van der Waals surface area contributed by atoms with Crippen molar-refractivity contribution in [1.29, 1.82) is 0 Å². The third-order valence-corrected chi connectivity index (χ3v) is 3.64. The van der Waals surface area contributed by atoms with Gasteiger partial charge >= 0.3 is 0 Å². The van der Waals surface area contributed by atoms with E-state index in [0.717, 1.165) is 23.7 Å². The van der Waals surface area contributed by atoms with Crippen LogP contribution in [0.4, 0.5) is 0 Å². The molecule has 1 aliphatic rings. The lowest BCUT2D eigenvalue weighted by molar-refractivity contribution is 0.134. The fourth-order valence-corrected chi connectivity index (χ4v) is 2.68. The Balaban J connectivity index is 2.51. The first-order valence-electron chi connectivity index (χ1n) is 5.15. The van der Waals surface area contributed by atoms with E-state index in [9.17, 15) is 0 Å². The Kier molecular flexibility index (Phi) is 2.98. The molecule has 0 amide bonds. The van der Waals surface area contributed by atoms with Gasteiger partial charge in [0.1, 0.15) is 0 Å². The minimum atomic E-state index is 0.962. The standard InChI is InChI=1S/C11H22/c1-5-11-7-8(2)6-9(3)10(11)4/h8-11H,5-7H2,1-4H3/t8-,9+,10+,11-/m0/s1. The van der Waals surface area contributed by atoms with Crippen LogP contribution in [0, 0.1) is 23.7 Å². The maximum atomic E-state index is 2.44. The van der Waals surface area contributed by atoms with E-state index in [1.54, 1.807) is 0 Å². The highest BCUT2D eigenvalue weighted by atomic mass is 14.3. The molecule has 0 heteroatoms. The van der Waals surface area contributed by atoms with Crippen molar-refractivity contribution < 1.29 is 0 Å². The van der Waals surface area contributed by atoms with Crippen LogP contribution in [0.25, 0.3) is 0 Å². The summed E-state index contributed by atoms with van der Waals surface area (Å²) in [6.07, 6.45) is 4.31. The van der Waals surface area contributed by atoms with Crippen molar-refractivity contribution in [3.8, 4) is 0 Å². The SMILES string of the molecule is CC[C@H]1C[C@@H](C)C[C@@H](C)[C@H]1C. The van der Waals surface area contributed by atoms with Crippen molar-refractivity contribution in [2.75, 3.05) is 0 Å². The molecule has 0 saturated heterocycles. The number of rotatable bonds is 1. The van der Waals surface area contributed by atoms with Crippen LogP contribution in [-0.4, -0.2) is 0 Å². The summed E-state index contributed by atoms with van der Waals surface area (Å²) in [6.45, 7) is 9.60. The molecule has 0 aromatic rings. The van der Waals surface area contributed by atoms with Gasteiger partial charge in [-0.3, -0.25) is 0 Å². The molecular weight excluding hydrogens is 132 g/mol. The third kappa shape index (κ3) is 1.98. The van der Waals surface area contributed by atoms with Crippen LogP contribution in [0.3, 0.4) is 0 Å². The topological polar surface area (TPSA) is 0 Å². The van der Waals surface area contributed by atoms with Crippen LogP contribution >= 0.6 is 0 Å². The molecule has 1 fully saturated rings. The first-order chi connectivity index (χ1) is 5.15. The maximum absolute atomic E-state index is 2.44. The summed E-state index contributed by atoms with van der Waals surface area (Å²) in [6, 6.07) is 0. The molecule has 4 atom stereocenters. The summed E-state index contributed by atoms with van der Waals surface area (Å²) in [7, 11) is 0. The molecule has 0 nitrogen and oxygen atoms in total.